The number of rotatable bonds is 3. The van der Waals surface area contributed by atoms with Crippen LogP contribution in [-0.4, -0.2) is 8.42 Å². The van der Waals surface area contributed by atoms with Crippen molar-refractivity contribution in [3.63, 3.8) is 0 Å². The third-order valence-corrected chi connectivity index (χ3v) is 4.74. The molecule has 3 heteroatoms. The van der Waals surface area contributed by atoms with Gasteiger partial charge in [0.2, 0.25) is 0 Å². The fourth-order valence-corrected chi connectivity index (χ4v) is 3.55. The van der Waals surface area contributed by atoms with Crippen molar-refractivity contribution in [1.82, 2.24) is 0 Å². The summed E-state index contributed by atoms with van der Waals surface area (Å²) in [4.78, 5) is 0.382. The third-order valence-electron chi connectivity index (χ3n) is 3.08. The Kier molecular flexibility index (Phi) is 3.53. The molecular formula is C15H16O2S. The van der Waals surface area contributed by atoms with Gasteiger partial charge in [-0.25, -0.2) is 8.42 Å². The molecule has 94 valence electrons. The van der Waals surface area contributed by atoms with E-state index in [0.717, 1.165) is 16.7 Å². The van der Waals surface area contributed by atoms with Crippen molar-refractivity contribution in [2.75, 3.05) is 0 Å². The zero-order valence-corrected chi connectivity index (χ0v) is 11.4. The van der Waals surface area contributed by atoms with Crippen LogP contribution in [0.3, 0.4) is 0 Å². The molecule has 0 aliphatic rings. The number of sulfone groups is 1. The second-order valence-corrected chi connectivity index (χ2v) is 6.43. The number of benzene rings is 2. The summed E-state index contributed by atoms with van der Waals surface area (Å²) in [6.07, 6.45) is 0. The third kappa shape index (κ3) is 2.62. The maximum absolute atomic E-state index is 12.3. The Bertz CT molecular complexity index is 623. The average Bonchev–Trinajstić information content (AvgIpc) is 2.35. The predicted octanol–water partition coefficient (Wildman–Crippen LogP) is 3.28. The molecule has 0 saturated carbocycles. The molecule has 2 aromatic rings. The predicted molar refractivity (Wildman–Crippen MR) is 73.2 cm³/mol. The molecule has 0 spiro atoms. The summed E-state index contributed by atoms with van der Waals surface area (Å²) in [5, 5.41) is 0. The topological polar surface area (TPSA) is 34.1 Å². The Labute approximate surface area is 108 Å². The molecular weight excluding hydrogens is 244 g/mol. The van der Waals surface area contributed by atoms with Crippen LogP contribution in [0.2, 0.25) is 0 Å². The van der Waals surface area contributed by atoms with Crippen molar-refractivity contribution in [2.45, 2.75) is 24.5 Å². The molecule has 0 amide bonds. The average molecular weight is 260 g/mol. The van der Waals surface area contributed by atoms with E-state index in [2.05, 4.69) is 0 Å². The first-order chi connectivity index (χ1) is 8.50. The number of hydrogen-bond acceptors (Lipinski definition) is 2. The minimum absolute atomic E-state index is 0.0650. The molecule has 0 N–H and O–H groups in total. The summed E-state index contributed by atoms with van der Waals surface area (Å²) in [7, 11) is -3.26. The Balaban J connectivity index is 2.41. The van der Waals surface area contributed by atoms with E-state index in [9.17, 15) is 8.42 Å². The highest BCUT2D eigenvalue weighted by Crippen LogP contribution is 2.21. The van der Waals surface area contributed by atoms with Gasteiger partial charge in [-0.05, 0) is 42.7 Å². The summed E-state index contributed by atoms with van der Waals surface area (Å²) in [6, 6.07) is 14.4. The van der Waals surface area contributed by atoms with Crippen LogP contribution < -0.4 is 0 Å². The Morgan fingerprint density at radius 3 is 1.94 bits per heavy atom. The first-order valence-electron chi connectivity index (χ1n) is 5.83. The van der Waals surface area contributed by atoms with Gasteiger partial charge in [0.25, 0.3) is 0 Å². The summed E-state index contributed by atoms with van der Waals surface area (Å²) in [6.45, 7) is 3.89. The highest BCUT2D eigenvalue weighted by atomic mass is 32.2. The van der Waals surface area contributed by atoms with E-state index >= 15 is 0 Å². The highest BCUT2D eigenvalue weighted by Gasteiger charge is 2.17. The lowest BCUT2D eigenvalue weighted by Crippen LogP contribution is -2.07. The van der Waals surface area contributed by atoms with Gasteiger partial charge in [-0.3, -0.25) is 0 Å². The monoisotopic (exact) mass is 260 g/mol. The van der Waals surface area contributed by atoms with Gasteiger partial charge < -0.3 is 0 Å². The van der Waals surface area contributed by atoms with Crippen LogP contribution in [0.4, 0.5) is 0 Å². The molecule has 0 aromatic heterocycles. The second kappa shape index (κ2) is 4.94. The van der Waals surface area contributed by atoms with Crippen LogP contribution in [0.25, 0.3) is 0 Å². The van der Waals surface area contributed by atoms with Crippen LogP contribution in [-0.2, 0) is 15.6 Å². The fourth-order valence-electron chi connectivity index (χ4n) is 1.98. The summed E-state index contributed by atoms with van der Waals surface area (Å²) < 4.78 is 24.6. The van der Waals surface area contributed by atoms with Gasteiger partial charge in [0.05, 0.1) is 10.6 Å². The van der Waals surface area contributed by atoms with E-state index in [0.29, 0.717) is 4.90 Å². The zero-order valence-electron chi connectivity index (χ0n) is 10.6. The van der Waals surface area contributed by atoms with E-state index in [4.69, 9.17) is 0 Å². The second-order valence-electron chi connectivity index (χ2n) is 4.44. The largest absolute Gasteiger partial charge is 0.223 e. The van der Waals surface area contributed by atoms with Crippen LogP contribution in [0, 0.1) is 13.8 Å². The molecule has 0 fully saturated rings. The van der Waals surface area contributed by atoms with E-state index in [1.54, 1.807) is 24.3 Å². The molecule has 0 radical (unpaired) electrons. The smallest absolute Gasteiger partial charge is 0.182 e. The lowest BCUT2D eigenvalue weighted by Gasteiger charge is -2.10. The van der Waals surface area contributed by atoms with Crippen molar-refractivity contribution >= 4 is 9.84 Å². The lowest BCUT2D eigenvalue weighted by molar-refractivity contribution is 0.595. The first kappa shape index (κ1) is 12.8. The SMILES string of the molecule is Cc1cccc(C)c1CS(=O)(=O)c1ccccc1. The van der Waals surface area contributed by atoms with E-state index in [-0.39, 0.29) is 5.75 Å². The summed E-state index contributed by atoms with van der Waals surface area (Å²) in [5.74, 6) is 0.0650. The fraction of sp³-hybridized carbons (Fsp3) is 0.200. The summed E-state index contributed by atoms with van der Waals surface area (Å²) in [5.41, 5.74) is 2.95. The molecule has 2 rings (SSSR count). The van der Waals surface area contributed by atoms with Crippen molar-refractivity contribution < 1.29 is 8.42 Å². The maximum Gasteiger partial charge on any atom is 0.182 e. The maximum atomic E-state index is 12.3. The highest BCUT2D eigenvalue weighted by molar-refractivity contribution is 7.90. The van der Waals surface area contributed by atoms with Crippen molar-refractivity contribution in [2.24, 2.45) is 0 Å². The molecule has 0 atom stereocenters. The minimum Gasteiger partial charge on any atom is -0.223 e. The van der Waals surface area contributed by atoms with Gasteiger partial charge in [-0.1, -0.05) is 36.4 Å². The van der Waals surface area contributed by atoms with Crippen molar-refractivity contribution in [1.29, 1.82) is 0 Å². The van der Waals surface area contributed by atoms with E-state index in [1.807, 2.05) is 38.1 Å². The Morgan fingerprint density at radius 1 is 0.833 bits per heavy atom. The normalized spacial score (nSPS) is 11.4. The standard InChI is InChI=1S/C15H16O2S/c1-12-7-6-8-13(2)15(12)11-18(16,17)14-9-4-3-5-10-14/h3-10H,11H2,1-2H3. The van der Waals surface area contributed by atoms with Gasteiger partial charge in [0.1, 0.15) is 0 Å². The zero-order chi connectivity index (χ0) is 13.2. The van der Waals surface area contributed by atoms with Gasteiger partial charge in [-0.15, -0.1) is 0 Å². The molecule has 2 aromatic carbocycles. The Morgan fingerprint density at radius 2 is 1.39 bits per heavy atom. The molecule has 0 heterocycles. The molecule has 0 saturated heterocycles. The molecule has 0 aliphatic heterocycles. The van der Waals surface area contributed by atoms with Gasteiger partial charge >= 0.3 is 0 Å². The molecule has 0 aliphatic carbocycles. The van der Waals surface area contributed by atoms with Gasteiger partial charge in [-0.2, -0.15) is 0 Å². The lowest BCUT2D eigenvalue weighted by atomic mass is 10.1. The number of aryl methyl sites for hydroxylation is 2. The minimum atomic E-state index is -3.26. The van der Waals surface area contributed by atoms with Gasteiger partial charge in [0, 0.05) is 0 Å². The Hall–Kier alpha value is -1.61. The van der Waals surface area contributed by atoms with Crippen LogP contribution in [0.5, 0.6) is 0 Å². The van der Waals surface area contributed by atoms with Crippen molar-refractivity contribution in [3.8, 4) is 0 Å². The first-order valence-corrected chi connectivity index (χ1v) is 7.49. The van der Waals surface area contributed by atoms with Crippen molar-refractivity contribution in [3.05, 3.63) is 65.2 Å². The van der Waals surface area contributed by atoms with Gasteiger partial charge in [0.15, 0.2) is 9.84 Å². The van der Waals surface area contributed by atoms with Crippen LogP contribution in [0.15, 0.2) is 53.4 Å². The van der Waals surface area contributed by atoms with Crippen LogP contribution >= 0.6 is 0 Å². The molecule has 18 heavy (non-hydrogen) atoms. The summed E-state index contributed by atoms with van der Waals surface area (Å²) >= 11 is 0. The number of hydrogen-bond donors (Lipinski definition) is 0. The quantitative estimate of drug-likeness (QED) is 0.848. The van der Waals surface area contributed by atoms with E-state index in [1.165, 1.54) is 0 Å². The molecule has 0 unspecified atom stereocenters. The van der Waals surface area contributed by atoms with E-state index < -0.39 is 9.84 Å². The molecule has 0 bridgehead atoms. The van der Waals surface area contributed by atoms with Crippen LogP contribution in [0.1, 0.15) is 16.7 Å². The molecule has 2 nitrogen and oxygen atoms in total.